The van der Waals surface area contributed by atoms with Crippen LogP contribution in [-0.4, -0.2) is 71.2 Å². The van der Waals surface area contributed by atoms with Crippen LogP contribution in [0.25, 0.3) is 0 Å². The van der Waals surface area contributed by atoms with Gasteiger partial charge in [0.15, 0.2) is 0 Å². The van der Waals surface area contributed by atoms with E-state index in [1.165, 1.54) is 0 Å². The lowest BCUT2D eigenvalue weighted by Crippen LogP contribution is -2.57. The normalized spacial score (nSPS) is 17.9. The monoisotopic (exact) mass is 293 g/mol. The molecule has 0 bridgehead atoms. The number of hydrogen-bond donors (Lipinski definition) is 2. The third-order valence-electron chi connectivity index (χ3n) is 4.27. The van der Waals surface area contributed by atoms with Gasteiger partial charge in [-0.15, -0.1) is 0 Å². The summed E-state index contributed by atoms with van der Waals surface area (Å²) in [5.41, 5.74) is 1.08. The molecule has 1 saturated heterocycles. The highest BCUT2D eigenvalue weighted by Gasteiger charge is 2.29. The first-order chi connectivity index (χ1) is 9.97. The number of carbonyl (C=O) groups excluding carboxylic acids is 1. The highest BCUT2D eigenvalue weighted by Crippen LogP contribution is 2.15. The van der Waals surface area contributed by atoms with E-state index in [-0.39, 0.29) is 11.4 Å². The molecule has 0 atom stereocenters. The molecule has 1 amide bonds. The number of aryl methyl sites for hydroxylation is 1. The minimum atomic E-state index is 0.00651. The molecule has 6 heteroatoms. The Balaban J connectivity index is 1.71. The van der Waals surface area contributed by atoms with Crippen LogP contribution < -0.4 is 5.32 Å². The first-order valence-corrected chi connectivity index (χ1v) is 7.65. The molecule has 2 heterocycles. The molecule has 1 aliphatic rings. The van der Waals surface area contributed by atoms with Crippen molar-refractivity contribution in [2.45, 2.75) is 32.2 Å². The van der Waals surface area contributed by atoms with Gasteiger partial charge in [0.1, 0.15) is 0 Å². The SMILES string of the molecule is CN1CCN(C(C)(C)CNC(=O)CCc2cn[nH]c2)CC1. The molecular weight excluding hydrogens is 266 g/mol. The van der Waals surface area contributed by atoms with Crippen molar-refractivity contribution in [2.75, 3.05) is 39.8 Å². The standard InChI is InChI=1S/C15H27N5O/c1-15(2,20-8-6-19(3)7-9-20)12-16-14(21)5-4-13-10-17-18-11-13/h10-11H,4-9,12H2,1-3H3,(H,16,21)(H,17,18). The van der Waals surface area contributed by atoms with Gasteiger partial charge in [0.25, 0.3) is 0 Å². The van der Waals surface area contributed by atoms with E-state index < -0.39 is 0 Å². The number of likely N-dealkylation sites (N-methyl/N-ethyl adjacent to an activating group) is 1. The highest BCUT2D eigenvalue weighted by atomic mass is 16.1. The van der Waals surface area contributed by atoms with Crippen LogP contribution in [0.1, 0.15) is 25.8 Å². The number of rotatable bonds is 6. The number of piperazine rings is 1. The molecule has 21 heavy (non-hydrogen) atoms. The molecule has 0 radical (unpaired) electrons. The van der Waals surface area contributed by atoms with E-state index in [0.717, 1.165) is 38.2 Å². The Hall–Kier alpha value is -1.40. The Labute approximate surface area is 126 Å². The fraction of sp³-hybridized carbons (Fsp3) is 0.733. The number of carbonyl (C=O) groups is 1. The topological polar surface area (TPSA) is 64.3 Å². The van der Waals surface area contributed by atoms with Crippen molar-refractivity contribution in [3.8, 4) is 0 Å². The molecule has 0 unspecified atom stereocenters. The minimum absolute atomic E-state index is 0.00651. The first-order valence-electron chi connectivity index (χ1n) is 7.65. The van der Waals surface area contributed by atoms with Gasteiger partial charge in [-0.05, 0) is 32.9 Å². The van der Waals surface area contributed by atoms with Crippen molar-refractivity contribution in [1.82, 2.24) is 25.3 Å². The second-order valence-electron chi connectivity index (χ2n) is 6.49. The third kappa shape index (κ3) is 4.82. The van der Waals surface area contributed by atoms with Gasteiger partial charge in [-0.2, -0.15) is 5.10 Å². The number of hydrogen-bond acceptors (Lipinski definition) is 4. The molecular formula is C15H27N5O. The van der Waals surface area contributed by atoms with Gasteiger partial charge in [0.05, 0.1) is 6.20 Å². The van der Waals surface area contributed by atoms with Gasteiger partial charge in [-0.25, -0.2) is 0 Å². The van der Waals surface area contributed by atoms with Crippen LogP contribution in [-0.2, 0) is 11.2 Å². The zero-order chi connectivity index (χ0) is 15.3. The van der Waals surface area contributed by atoms with Crippen LogP contribution in [0.5, 0.6) is 0 Å². The Bertz CT molecular complexity index is 435. The van der Waals surface area contributed by atoms with E-state index >= 15 is 0 Å². The molecule has 118 valence electrons. The second kappa shape index (κ2) is 7.04. The summed E-state index contributed by atoms with van der Waals surface area (Å²) in [6.07, 6.45) is 4.85. The summed E-state index contributed by atoms with van der Waals surface area (Å²) in [7, 11) is 2.15. The maximum Gasteiger partial charge on any atom is 0.220 e. The predicted octanol–water partition coefficient (Wildman–Crippen LogP) is 0.485. The summed E-state index contributed by atoms with van der Waals surface area (Å²) in [5.74, 6) is 0.110. The number of H-pyrrole nitrogens is 1. The van der Waals surface area contributed by atoms with Gasteiger partial charge < -0.3 is 10.2 Å². The maximum absolute atomic E-state index is 12.0. The van der Waals surface area contributed by atoms with Gasteiger partial charge in [0, 0.05) is 50.9 Å². The molecule has 1 aliphatic heterocycles. The largest absolute Gasteiger partial charge is 0.354 e. The molecule has 0 aliphatic carbocycles. The average Bonchev–Trinajstić information content (AvgIpc) is 2.97. The zero-order valence-corrected chi connectivity index (χ0v) is 13.4. The maximum atomic E-state index is 12.0. The van der Waals surface area contributed by atoms with E-state index in [9.17, 15) is 4.79 Å². The lowest BCUT2D eigenvalue weighted by Gasteiger charge is -2.43. The Morgan fingerprint density at radius 1 is 1.38 bits per heavy atom. The molecule has 0 spiro atoms. The number of nitrogens with one attached hydrogen (secondary N) is 2. The zero-order valence-electron chi connectivity index (χ0n) is 13.4. The molecule has 2 N–H and O–H groups in total. The van der Waals surface area contributed by atoms with Crippen LogP contribution in [0.4, 0.5) is 0 Å². The lowest BCUT2D eigenvalue weighted by molar-refractivity contribution is -0.121. The molecule has 1 aromatic heterocycles. The highest BCUT2D eigenvalue weighted by molar-refractivity contribution is 5.76. The van der Waals surface area contributed by atoms with E-state index in [1.807, 2.05) is 6.20 Å². The van der Waals surface area contributed by atoms with E-state index in [1.54, 1.807) is 6.20 Å². The summed E-state index contributed by atoms with van der Waals surface area (Å²) < 4.78 is 0. The smallest absolute Gasteiger partial charge is 0.220 e. The molecule has 0 saturated carbocycles. The summed E-state index contributed by atoms with van der Waals surface area (Å²) in [6.45, 7) is 9.42. The van der Waals surface area contributed by atoms with Gasteiger partial charge in [0.2, 0.25) is 5.91 Å². The van der Waals surface area contributed by atoms with E-state index in [4.69, 9.17) is 0 Å². The summed E-state index contributed by atoms with van der Waals surface area (Å²) in [4.78, 5) is 16.8. The van der Waals surface area contributed by atoms with Crippen molar-refractivity contribution < 1.29 is 4.79 Å². The number of aromatic nitrogens is 2. The molecule has 0 aromatic carbocycles. The number of amides is 1. The van der Waals surface area contributed by atoms with Crippen molar-refractivity contribution in [3.63, 3.8) is 0 Å². The van der Waals surface area contributed by atoms with Gasteiger partial charge in [-0.3, -0.25) is 14.8 Å². The Morgan fingerprint density at radius 2 is 2.10 bits per heavy atom. The summed E-state index contributed by atoms with van der Waals surface area (Å²) in [5, 5.41) is 9.72. The molecule has 1 aromatic rings. The van der Waals surface area contributed by atoms with E-state index in [0.29, 0.717) is 13.0 Å². The van der Waals surface area contributed by atoms with Crippen LogP contribution in [0, 0.1) is 0 Å². The van der Waals surface area contributed by atoms with E-state index in [2.05, 4.69) is 46.2 Å². The number of nitrogens with zero attached hydrogens (tertiary/aromatic N) is 3. The molecule has 6 nitrogen and oxygen atoms in total. The Kier molecular flexibility index (Phi) is 5.36. The van der Waals surface area contributed by atoms with Crippen LogP contribution in [0.2, 0.25) is 0 Å². The second-order valence-corrected chi connectivity index (χ2v) is 6.49. The van der Waals surface area contributed by atoms with Crippen molar-refractivity contribution in [3.05, 3.63) is 18.0 Å². The lowest BCUT2D eigenvalue weighted by atomic mass is 10.0. The van der Waals surface area contributed by atoms with Crippen molar-refractivity contribution in [2.24, 2.45) is 0 Å². The van der Waals surface area contributed by atoms with Crippen LogP contribution >= 0.6 is 0 Å². The third-order valence-corrected chi connectivity index (χ3v) is 4.27. The fourth-order valence-corrected chi connectivity index (χ4v) is 2.60. The summed E-state index contributed by atoms with van der Waals surface area (Å²) >= 11 is 0. The van der Waals surface area contributed by atoms with Crippen LogP contribution in [0.3, 0.4) is 0 Å². The minimum Gasteiger partial charge on any atom is -0.354 e. The molecule has 2 rings (SSSR count). The molecule has 1 fully saturated rings. The van der Waals surface area contributed by atoms with Gasteiger partial charge >= 0.3 is 0 Å². The first kappa shape index (κ1) is 16.0. The summed E-state index contributed by atoms with van der Waals surface area (Å²) in [6, 6.07) is 0. The predicted molar refractivity (Wildman–Crippen MR) is 83.1 cm³/mol. The van der Waals surface area contributed by atoms with Crippen molar-refractivity contribution in [1.29, 1.82) is 0 Å². The quantitative estimate of drug-likeness (QED) is 0.801. The van der Waals surface area contributed by atoms with Gasteiger partial charge in [-0.1, -0.05) is 0 Å². The van der Waals surface area contributed by atoms with Crippen LogP contribution in [0.15, 0.2) is 12.4 Å². The Morgan fingerprint density at radius 3 is 2.71 bits per heavy atom. The van der Waals surface area contributed by atoms with Crippen molar-refractivity contribution >= 4 is 5.91 Å². The number of aromatic amines is 1. The average molecular weight is 293 g/mol. The fourth-order valence-electron chi connectivity index (χ4n) is 2.60.